The summed E-state index contributed by atoms with van der Waals surface area (Å²) in [5.74, 6) is -0.971. The van der Waals surface area contributed by atoms with Crippen LogP contribution in [-0.4, -0.2) is 41.6 Å². The lowest BCUT2D eigenvalue weighted by atomic mass is 9.99. The third kappa shape index (κ3) is 4.18. The molecule has 0 aliphatic carbocycles. The van der Waals surface area contributed by atoms with Gasteiger partial charge in [0.25, 0.3) is 0 Å². The number of carboxylic acid groups (broad SMARTS) is 1. The quantitative estimate of drug-likeness (QED) is 0.725. The van der Waals surface area contributed by atoms with Crippen molar-refractivity contribution in [1.29, 1.82) is 0 Å². The second kappa shape index (κ2) is 6.48. The summed E-state index contributed by atoms with van der Waals surface area (Å²) >= 11 is 0. The number of piperidine rings is 1. The van der Waals surface area contributed by atoms with Gasteiger partial charge in [0, 0.05) is 13.0 Å². The van der Waals surface area contributed by atoms with Gasteiger partial charge in [0.2, 0.25) is 5.91 Å². The lowest BCUT2D eigenvalue weighted by molar-refractivity contribution is -0.143. The van der Waals surface area contributed by atoms with Gasteiger partial charge in [-0.3, -0.25) is 14.5 Å². The first-order chi connectivity index (χ1) is 7.63. The van der Waals surface area contributed by atoms with E-state index in [1.807, 2.05) is 11.8 Å². The molecule has 0 aromatic carbocycles. The van der Waals surface area contributed by atoms with Crippen molar-refractivity contribution in [3.8, 4) is 0 Å². The first kappa shape index (κ1) is 13.0. The van der Waals surface area contributed by atoms with Crippen molar-refractivity contribution in [1.82, 2.24) is 10.2 Å². The maximum atomic E-state index is 11.2. The van der Waals surface area contributed by atoms with Gasteiger partial charge in [-0.15, -0.1) is 0 Å². The number of nitrogens with zero attached hydrogens (tertiary/aromatic N) is 1. The van der Waals surface area contributed by atoms with E-state index in [0.717, 1.165) is 25.8 Å². The Balaban J connectivity index is 2.26. The molecule has 0 aromatic rings. The molecule has 1 fully saturated rings. The normalized spacial score (nSPS) is 21.7. The minimum Gasteiger partial charge on any atom is -0.481 e. The van der Waals surface area contributed by atoms with Crippen LogP contribution in [0.2, 0.25) is 0 Å². The molecule has 1 unspecified atom stereocenters. The summed E-state index contributed by atoms with van der Waals surface area (Å²) in [6.07, 6.45) is 3.01. The summed E-state index contributed by atoms with van der Waals surface area (Å²) in [6, 6.07) is 0. The SMILES string of the molecule is CCCC(=O)NCN1CCCC(C(=O)O)C1. The number of hydrogen-bond acceptors (Lipinski definition) is 3. The molecule has 1 aliphatic heterocycles. The van der Waals surface area contributed by atoms with Crippen molar-refractivity contribution in [3.63, 3.8) is 0 Å². The predicted octanol–water partition coefficient (Wildman–Crippen LogP) is 0.657. The van der Waals surface area contributed by atoms with E-state index in [0.29, 0.717) is 19.6 Å². The lowest BCUT2D eigenvalue weighted by Crippen LogP contribution is -2.44. The number of amides is 1. The number of carbonyl (C=O) groups excluding carboxylic acids is 1. The van der Waals surface area contributed by atoms with Crippen molar-refractivity contribution in [2.45, 2.75) is 32.6 Å². The zero-order valence-corrected chi connectivity index (χ0v) is 9.74. The van der Waals surface area contributed by atoms with Crippen LogP contribution in [0, 0.1) is 5.92 Å². The first-order valence-electron chi connectivity index (χ1n) is 5.85. The number of carboxylic acids is 1. The van der Waals surface area contributed by atoms with Crippen molar-refractivity contribution < 1.29 is 14.7 Å². The predicted molar refractivity (Wildman–Crippen MR) is 59.9 cm³/mol. The lowest BCUT2D eigenvalue weighted by Gasteiger charge is -2.30. The molecule has 0 bridgehead atoms. The Bertz CT molecular complexity index is 256. The highest BCUT2D eigenvalue weighted by molar-refractivity contribution is 5.75. The smallest absolute Gasteiger partial charge is 0.307 e. The molecule has 1 amide bonds. The van der Waals surface area contributed by atoms with Gasteiger partial charge in [-0.1, -0.05) is 6.92 Å². The molecule has 0 spiro atoms. The van der Waals surface area contributed by atoms with Crippen molar-refractivity contribution in [3.05, 3.63) is 0 Å². The van der Waals surface area contributed by atoms with E-state index in [1.165, 1.54) is 0 Å². The number of rotatable bonds is 5. The van der Waals surface area contributed by atoms with E-state index < -0.39 is 5.97 Å². The molecule has 2 N–H and O–H groups in total. The zero-order chi connectivity index (χ0) is 12.0. The van der Waals surface area contributed by atoms with Crippen LogP contribution in [0.15, 0.2) is 0 Å². The summed E-state index contributed by atoms with van der Waals surface area (Å²) in [5, 5.41) is 11.7. The van der Waals surface area contributed by atoms with Gasteiger partial charge in [-0.25, -0.2) is 0 Å². The van der Waals surface area contributed by atoms with E-state index in [-0.39, 0.29) is 11.8 Å². The van der Waals surface area contributed by atoms with E-state index >= 15 is 0 Å². The van der Waals surface area contributed by atoms with Gasteiger partial charge >= 0.3 is 5.97 Å². The van der Waals surface area contributed by atoms with Crippen LogP contribution in [0.1, 0.15) is 32.6 Å². The molecule has 0 saturated carbocycles. The van der Waals surface area contributed by atoms with Crippen LogP contribution >= 0.6 is 0 Å². The van der Waals surface area contributed by atoms with Gasteiger partial charge in [0.05, 0.1) is 12.6 Å². The molecular formula is C11H20N2O3. The highest BCUT2D eigenvalue weighted by atomic mass is 16.4. The minimum atomic E-state index is -0.732. The van der Waals surface area contributed by atoms with Gasteiger partial charge in [-0.2, -0.15) is 0 Å². The molecule has 5 nitrogen and oxygen atoms in total. The molecule has 1 heterocycles. The van der Waals surface area contributed by atoms with E-state index in [1.54, 1.807) is 0 Å². The summed E-state index contributed by atoms with van der Waals surface area (Å²) in [7, 11) is 0. The molecule has 5 heteroatoms. The second-order valence-corrected chi connectivity index (χ2v) is 4.26. The molecule has 0 radical (unpaired) electrons. The van der Waals surface area contributed by atoms with Crippen LogP contribution < -0.4 is 5.32 Å². The maximum absolute atomic E-state index is 11.2. The molecule has 1 atom stereocenters. The third-order valence-electron chi connectivity index (χ3n) is 2.83. The summed E-state index contributed by atoms with van der Waals surface area (Å²) in [6.45, 7) is 3.85. The largest absolute Gasteiger partial charge is 0.481 e. The summed E-state index contributed by atoms with van der Waals surface area (Å²) in [4.78, 5) is 24.1. The number of nitrogens with one attached hydrogen (secondary N) is 1. The first-order valence-corrected chi connectivity index (χ1v) is 5.85. The average Bonchev–Trinajstić information content (AvgIpc) is 2.27. The number of likely N-dealkylation sites (tertiary alicyclic amines) is 1. The highest BCUT2D eigenvalue weighted by Gasteiger charge is 2.25. The topological polar surface area (TPSA) is 69.6 Å². The highest BCUT2D eigenvalue weighted by Crippen LogP contribution is 2.15. The van der Waals surface area contributed by atoms with Gasteiger partial charge in [-0.05, 0) is 25.8 Å². The van der Waals surface area contributed by atoms with Crippen molar-refractivity contribution >= 4 is 11.9 Å². The molecule has 92 valence electrons. The average molecular weight is 228 g/mol. The van der Waals surface area contributed by atoms with E-state index in [4.69, 9.17) is 5.11 Å². The molecule has 0 aromatic heterocycles. The standard InChI is InChI=1S/C11H20N2O3/c1-2-4-10(14)12-8-13-6-3-5-9(7-13)11(15)16/h9H,2-8H2,1H3,(H,12,14)(H,15,16). The van der Waals surface area contributed by atoms with E-state index in [2.05, 4.69) is 5.32 Å². The Hall–Kier alpha value is -1.10. The Morgan fingerprint density at radius 3 is 2.88 bits per heavy atom. The van der Waals surface area contributed by atoms with Gasteiger partial charge in [0.15, 0.2) is 0 Å². The summed E-state index contributed by atoms with van der Waals surface area (Å²) in [5.41, 5.74) is 0. The number of aliphatic carboxylic acids is 1. The van der Waals surface area contributed by atoms with Crippen LogP contribution in [0.3, 0.4) is 0 Å². The molecule has 1 aliphatic rings. The van der Waals surface area contributed by atoms with Crippen LogP contribution in [0.5, 0.6) is 0 Å². The van der Waals surface area contributed by atoms with E-state index in [9.17, 15) is 9.59 Å². The van der Waals surface area contributed by atoms with Crippen molar-refractivity contribution in [2.75, 3.05) is 19.8 Å². The number of carbonyl (C=O) groups is 2. The molecular weight excluding hydrogens is 208 g/mol. The molecule has 1 saturated heterocycles. The zero-order valence-electron chi connectivity index (χ0n) is 9.74. The second-order valence-electron chi connectivity index (χ2n) is 4.26. The minimum absolute atomic E-state index is 0.0416. The monoisotopic (exact) mass is 228 g/mol. The molecule has 1 rings (SSSR count). The van der Waals surface area contributed by atoms with Crippen LogP contribution in [-0.2, 0) is 9.59 Å². The van der Waals surface area contributed by atoms with Gasteiger partial charge in [0.1, 0.15) is 0 Å². The maximum Gasteiger partial charge on any atom is 0.307 e. The summed E-state index contributed by atoms with van der Waals surface area (Å²) < 4.78 is 0. The van der Waals surface area contributed by atoms with Crippen LogP contribution in [0.25, 0.3) is 0 Å². The third-order valence-corrected chi connectivity index (χ3v) is 2.83. The Morgan fingerprint density at radius 1 is 1.50 bits per heavy atom. The fourth-order valence-corrected chi connectivity index (χ4v) is 1.92. The van der Waals surface area contributed by atoms with Crippen LogP contribution in [0.4, 0.5) is 0 Å². The Kier molecular flexibility index (Phi) is 5.25. The fraction of sp³-hybridized carbons (Fsp3) is 0.818. The van der Waals surface area contributed by atoms with Crippen molar-refractivity contribution in [2.24, 2.45) is 5.92 Å². The van der Waals surface area contributed by atoms with Gasteiger partial charge < -0.3 is 10.4 Å². The molecule has 16 heavy (non-hydrogen) atoms. The Morgan fingerprint density at radius 2 is 2.25 bits per heavy atom. The fourth-order valence-electron chi connectivity index (χ4n) is 1.92. The number of hydrogen-bond donors (Lipinski definition) is 2. The Labute approximate surface area is 95.8 Å².